The summed E-state index contributed by atoms with van der Waals surface area (Å²) in [7, 11) is 0. The Morgan fingerprint density at radius 2 is 2.00 bits per heavy atom. The van der Waals surface area contributed by atoms with Gasteiger partial charge in [0.2, 0.25) is 0 Å². The van der Waals surface area contributed by atoms with Gasteiger partial charge in [-0.05, 0) is 37.1 Å². The molecule has 1 saturated carbocycles. The van der Waals surface area contributed by atoms with Gasteiger partial charge in [-0.3, -0.25) is 4.79 Å². The van der Waals surface area contributed by atoms with Crippen LogP contribution in [0.15, 0.2) is 24.5 Å². The van der Waals surface area contributed by atoms with E-state index in [1.54, 1.807) is 6.07 Å². The Morgan fingerprint density at radius 1 is 1.21 bits per heavy atom. The zero-order chi connectivity index (χ0) is 23.3. The highest BCUT2D eigenvalue weighted by Gasteiger charge is 2.46. The number of carbonyl (C=O) groups excluding carboxylic acids is 1. The highest BCUT2D eigenvalue weighted by Crippen LogP contribution is 2.38. The van der Waals surface area contributed by atoms with Gasteiger partial charge in [0, 0.05) is 30.8 Å². The normalized spacial score (nSPS) is 15.5. The van der Waals surface area contributed by atoms with Crippen LogP contribution in [0.5, 0.6) is 0 Å². The van der Waals surface area contributed by atoms with Gasteiger partial charge >= 0.3 is 0 Å². The summed E-state index contributed by atoms with van der Waals surface area (Å²) in [6.07, 6.45) is 0.609. The number of nitrogens with one attached hydrogen (secondary N) is 2. The van der Waals surface area contributed by atoms with Gasteiger partial charge < -0.3 is 10.6 Å². The Balaban J connectivity index is 1.37. The minimum Gasteiger partial charge on any atom is -0.365 e. The molecule has 0 aliphatic heterocycles. The Kier molecular flexibility index (Phi) is 5.15. The number of benzene rings is 1. The van der Waals surface area contributed by atoms with Crippen LogP contribution < -0.4 is 10.6 Å². The van der Waals surface area contributed by atoms with Crippen molar-refractivity contribution in [3.63, 3.8) is 0 Å². The lowest BCUT2D eigenvalue weighted by molar-refractivity contribution is -0.0901. The highest BCUT2D eigenvalue weighted by atomic mass is 32.1. The fourth-order valence-corrected chi connectivity index (χ4v) is 4.98. The fraction of sp³-hybridized carbons (Fsp3) is 0.318. The standard InChI is InChI=1S/C22H19F3N6OS/c1-10-11(2)30-31-21-16(10)17-18(33-21)19(28-9-27-17)26-8-12-3-4-15(23)14(5-12)20(32)29-13-6-22(24,25)7-13/h3-5,9,13H,6-8H2,1-2H3,(H,29,32)(H,26,27,28). The number of carbonyl (C=O) groups is 1. The molecule has 3 aromatic heterocycles. The Morgan fingerprint density at radius 3 is 2.76 bits per heavy atom. The van der Waals surface area contributed by atoms with Gasteiger partial charge in [0.05, 0.1) is 21.5 Å². The number of fused-ring (bicyclic) bond motifs is 3. The minimum atomic E-state index is -2.76. The summed E-state index contributed by atoms with van der Waals surface area (Å²) in [6, 6.07) is 3.51. The van der Waals surface area contributed by atoms with E-state index in [4.69, 9.17) is 0 Å². The molecule has 0 atom stereocenters. The largest absolute Gasteiger partial charge is 0.365 e. The topological polar surface area (TPSA) is 92.7 Å². The zero-order valence-corrected chi connectivity index (χ0v) is 18.6. The van der Waals surface area contributed by atoms with Crippen LogP contribution in [0.4, 0.5) is 19.0 Å². The van der Waals surface area contributed by atoms with Gasteiger partial charge in [-0.1, -0.05) is 6.07 Å². The number of rotatable bonds is 5. The van der Waals surface area contributed by atoms with E-state index in [0.29, 0.717) is 11.4 Å². The van der Waals surface area contributed by atoms with Gasteiger partial charge in [-0.2, -0.15) is 5.10 Å². The van der Waals surface area contributed by atoms with Crippen LogP contribution in [0.2, 0.25) is 0 Å². The molecule has 2 N–H and O–H groups in total. The monoisotopic (exact) mass is 472 g/mol. The first-order valence-corrected chi connectivity index (χ1v) is 11.1. The summed E-state index contributed by atoms with van der Waals surface area (Å²) >= 11 is 1.43. The maximum absolute atomic E-state index is 14.2. The number of aromatic nitrogens is 4. The molecule has 4 aromatic rings. The van der Waals surface area contributed by atoms with Crippen LogP contribution in [-0.4, -0.2) is 38.0 Å². The van der Waals surface area contributed by atoms with E-state index in [0.717, 1.165) is 31.7 Å². The quantitative estimate of drug-likeness (QED) is 0.443. The number of nitrogens with zero attached hydrogens (tertiary/aromatic N) is 4. The van der Waals surface area contributed by atoms with Gasteiger partial charge in [-0.15, -0.1) is 16.4 Å². The third-order valence-corrected chi connectivity index (χ3v) is 6.89. The number of aryl methyl sites for hydroxylation is 2. The molecule has 1 fully saturated rings. The van der Waals surface area contributed by atoms with Gasteiger partial charge in [-0.25, -0.2) is 23.1 Å². The Hall–Kier alpha value is -3.34. The third kappa shape index (κ3) is 3.97. The fourth-order valence-electron chi connectivity index (χ4n) is 3.88. The van der Waals surface area contributed by atoms with Crippen molar-refractivity contribution in [1.29, 1.82) is 0 Å². The number of amides is 1. The molecule has 0 bridgehead atoms. The summed E-state index contributed by atoms with van der Waals surface area (Å²) in [6.45, 7) is 4.14. The van der Waals surface area contributed by atoms with Crippen molar-refractivity contribution >= 4 is 43.5 Å². The van der Waals surface area contributed by atoms with Crippen LogP contribution >= 0.6 is 11.3 Å². The molecule has 3 heterocycles. The summed E-state index contributed by atoms with van der Waals surface area (Å²) in [5, 5.41) is 15.1. The number of alkyl halides is 2. The van der Waals surface area contributed by atoms with Crippen LogP contribution in [0.25, 0.3) is 20.4 Å². The van der Waals surface area contributed by atoms with Crippen molar-refractivity contribution in [2.45, 2.75) is 45.2 Å². The predicted octanol–water partition coefficient (Wildman–Crippen LogP) is 4.53. The van der Waals surface area contributed by atoms with Gasteiger partial charge in [0.1, 0.15) is 22.8 Å². The number of halogens is 3. The maximum atomic E-state index is 14.2. The van der Waals surface area contributed by atoms with Crippen LogP contribution in [0.3, 0.4) is 0 Å². The smallest absolute Gasteiger partial charge is 0.254 e. The summed E-state index contributed by atoms with van der Waals surface area (Å²) in [4.78, 5) is 21.9. The van der Waals surface area contributed by atoms with Gasteiger partial charge in [0.15, 0.2) is 0 Å². The first kappa shape index (κ1) is 21.5. The molecule has 1 aliphatic rings. The second-order valence-electron chi connectivity index (χ2n) is 8.19. The molecule has 1 aromatic carbocycles. The predicted molar refractivity (Wildman–Crippen MR) is 119 cm³/mol. The second-order valence-corrected chi connectivity index (χ2v) is 9.19. The molecule has 1 amide bonds. The van der Waals surface area contributed by atoms with E-state index in [9.17, 15) is 18.0 Å². The molecule has 5 rings (SSSR count). The Labute approximate surface area is 190 Å². The first-order valence-electron chi connectivity index (χ1n) is 10.3. The van der Waals surface area contributed by atoms with Crippen molar-refractivity contribution in [2.75, 3.05) is 5.32 Å². The Bertz CT molecular complexity index is 1400. The third-order valence-electron chi connectivity index (χ3n) is 5.82. The van der Waals surface area contributed by atoms with E-state index >= 15 is 0 Å². The van der Waals surface area contributed by atoms with E-state index in [1.807, 2.05) is 13.8 Å². The second kappa shape index (κ2) is 7.91. The summed E-state index contributed by atoms with van der Waals surface area (Å²) in [5.74, 6) is -3.58. The first-order chi connectivity index (χ1) is 15.7. The van der Waals surface area contributed by atoms with Gasteiger partial charge in [0.25, 0.3) is 11.8 Å². The van der Waals surface area contributed by atoms with Crippen molar-refractivity contribution in [3.8, 4) is 0 Å². The van der Waals surface area contributed by atoms with E-state index in [1.165, 1.54) is 29.8 Å². The van der Waals surface area contributed by atoms with E-state index in [2.05, 4.69) is 30.8 Å². The molecule has 11 heteroatoms. The molecule has 170 valence electrons. The number of hydrogen-bond donors (Lipinski definition) is 2. The van der Waals surface area contributed by atoms with Crippen molar-refractivity contribution in [1.82, 2.24) is 25.5 Å². The lowest BCUT2D eigenvalue weighted by Crippen LogP contribution is -2.50. The van der Waals surface area contributed by atoms with Crippen molar-refractivity contribution in [2.24, 2.45) is 0 Å². The highest BCUT2D eigenvalue weighted by molar-refractivity contribution is 7.25. The van der Waals surface area contributed by atoms with E-state index in [-0.39, 0.29) is 12.1 Å². The lowest BCUT2D eigenvalue weighted by Gasteiger charge is -2.35. The molecule has 7 nitrogen and oxygen atoms in total. The zero-order valence-electron chi connectivity index (χ0n) is 17.7. The average molecular weight is 472 g/mol. The summed E-state index contributed by atoms with van der Waals surface area (Å²) in [5.41, 5.74) is 3.08. The molecule has 0 radical (unpaired) electrons. The van der Waals surface area contributed by atoms with Crippen LogP contribution in [0, 0.1) is 19.7 Å². The molecular formula is C22H19F3N6OS. The average Bonchev–Trinajstić information content (AvgIpc) is 3.14. The van der Waals surface area contributed by atoms with Crippen molar-refractivity contribution in [3.05, 3.63) is 52.7 Å². The number of hydrogen-bond acceptors (Lipinski definition) is 7. The molecule has 0 saturated heterocycles. The molecule has 0 unspecified atom stereocenters. The van der Waals surface area contributed by atoms with Crippen molar-refractivity contribution < 1.29 is 18.0 Å². The SMILES string of the molecule is Cc1nnc2sc3c(NCc4ccc(F)c(C(=O)NC5CC(F)(F)C5)c4)ncnc3c2c1C. The number of thiophene rings is 1. The molecule has 33 heavy (non-hydrogen) atoms. The molecule has 1 aliphatic carbocycles. The summed E-state index contributed by atoms with van der Waals surface area (Å²) < 4.78 is 41.1. The minimum absolute atomic E-state index is 0.180. The maximum Gasteiger partial charge on any atom is 0.254 e. The van der Waals surface area contributed by atoms with E-state index < -0.39 is 36.5 Å². The number of anilines is 1. The van der Waals surface area contributed by atoms with Crippen LogP contribution in [0.1, 0.15) is 40.0 Å². The molecular weight excluding hydrogens is 453 g/mol. The molecule has 0 spiro atoms. The van der Waals surface area contributed by atoms with Crippen LogP contribution in [-0.2, 0) is 6.54 Å². The lowest BCUT2D eigenvalue weighted by atomic mass is 9.88.